The van der Waals surface area contributed by atoms with Crippen LogP contribution in [0.5, 0.6) is 0 Å². The van der Waals surface area contributed by atoms with Crippen molar-refractivity contribution in [2.45, 2.75) is 58.7 Å². The summed E-state index contributed by atoms with van der Waals surface area (Å²) in [7, 11) is 0. The van der Waals surface area contributed by atoms with Gasteiger partial charge in [-0.25, -0.2) is 18.1 Å². The Labute approximate surface area is 194 Å². The van der Waals surface area contributed by atoms with Gasteiger partial charge in [0.25, 0.3) is 5.92 Å². The van der Waals surface area contributed by atoms with Crippen LogP contribution >= 0.6 is 0 Å². The Morgan fingerprint density at radius 1 is 1.00 bits per heavy atom. The summed E-state index contributed by atoms with van der Waals surface area (Å²) in [6, 6.07) is 6.42. The van der Waals surface area contributed by atoms with E-state index in [4.69, 9.17) is 4.74 Å². The van der Waals surface area contributed by atoms with Crippen molar-refractivity contribution in [3.05, 3.63) is 53.0 Å². The topological polar surface area (TPSA) is 53.0 Å². The van der Waals surface area contributed by atoms with Crippen LogP contribution in [-0.2, 0) is 10.7 Å². The number of alkyl halides is 2. The second-order valence-electron chi connectivity index (χ2n) is 10.8. The van der Waals surface area contributed by atoms with E-state index in [9.17, 15) is 18.7 Å². The smallest absolute Gasteiger partial charge is 0.410 e. The molecule has 1 aromatic rings. The number of quaternary nitrogens is 1. The SMILES string of the molecule is CC(C)(C)OC(=O)N1CCN(C2=C3C[N+]3(c3ccc(C(C)(F)F)cc3)C(C(C)(C)O)=C2)CC1. The van der Waals surface area contributed by atoms with Crippen LogP contribution in [0.25, 0.3) is 0 Å². The number of piperazine rings is 1. The third kappa shape index (κ3) is 4.38. The molecule has 1 N–H and O–H groups in total. The fraction of sp³-hybridized carbons (Fsp3) is 0.560. The zero-order valence-electron chi connectivity index (χ0n) is 20.3. The molecule has 0 bridgehead atoms. The van der Waals surface area contributed by atoms with Crippen LogP contribution in [0.15, 0.2) is 47.4 Å². The molecule has 1 amide bonds. The number of nitrogens with zero attached hydrogens (tertiary/aromatic N) is 3. The molecule has 3 heterocycles. The number of rotatable bonds is 4. The zero-order chi connectivity index (χ0) is 24.4. The van der Waals surface area contributed by atoms with Crippen molar-refractivity contribution < 1.29 is 23.4 Å². The number of halogens is 2. The normalized spacial score (nSPS) is 23.5. The average molecular weight is 463 g/mol. The number of amides is 1. The molecule has 8 heteroatoms. The highest BCUT2D eigenvalue weighted by Crippen LogP contribution is 2.56. The van der Waals surface area contributed by atoms with Gasteiger partial charge in [-0.1, -0.05) is 0 Å². The van der Waals surface area contributed by atoms with Gasteiger partial charge in [0, 0.05) is 56.9 Å². The summed E-state index contributed by atoms with van der Waals surface area (Å²) in [6.07, 6.45) is 1.73. The van der Waals surface area contributed by atoms with Crippen molar-refractivity contribution in [2.75, 3.05) is 32.7 Å². The van der Waals surface area contributed by atoms with Crippen LogP contribution in [0.3, 0.4) is 0 Å². The second-order valence-corrected chi connectivity index (χ2v) is 10.8. The molecule has 6 nitrogen and oxygen atoms in total. The van der Waals surface area contributed by atoms with Gasteiger partial charge < -0.3 is 19.6 Å². The molecular formula is C25H34F2N3O3+. The molecule has 1 atom stereocenters. The van der Waals surface area contributed by atoms with Gasteiger partial charge in [-0.15, -0.1) is 0 Å². The summed E-state index contributed by atoms with van der Waals surface area (Å²) >= 11 is 0. The number of allylic oxidation sites excluding steroid dienone is 1. The maximum atomic E-state index is 13.7. The number of benzene rings is 1. The van der Waals surface area contributed by atoms with Crippen molar-refractivity contribution in [2.24, 2.45) is 0 Å². The van der Waals surface area contributed by atoms with E-state index in [0.717, 1.165) is 29.7 Å². The molecule has 0 saturated carbocycles. The van der Waals surface area contributed by atoms with Gasteiger partial charge in [-0.05, 0) is 46.8 Å². The van der Waals surface area contributed by atoms with Gasteiger partial charge in [0.05, 0.1) is 0 Å². The predicted molar refractivity (Wildman–Crippen MR) is 123 cm³/mol. The summed E-state index contributed by atoms with van der Waals surface area (Å²) in [4.78, 5) is 16.4. The van der Waals surface area contributed by atoms with E-state index in [2.05, 4.69) is 4.90 Å². The van der Waals surface area contributed by atoms with Gasteiger partial charge in [0.15, 0.2) is 17.9 Å². The van der Waals surface area contributed by atoms with Gasteiger partial charge in [-0.3, -0.25) is 0 Å². The molecule has 3 aliphatic heterocycles. The first kappa shape index (κ1) is 23.7. The first-order valence-corrected chi connectivity index (χ1v) is 11.4. The highest BCUT2D eigenvalue weighted by molar-refractivity contribution is 5.71. The molecule has 2 saturated heterocycles. The van der Waals surface area contributed by atoms with Crippen LogP contribution in [-0.4, -0.2) is 64.9 Å². The molecule has 180 valence electrons. The zero-order valence-corrected chi connectivity index (χ0v) is 20.3. The number of fused-ring (bicyclic) bond motifs is 1. The fourth-order valence-corrected chi connectivity index (χ4v) is 4.79. The third-order valence-corrected chi connectivity index (χ3v) is 6.44. The van der Waals surface area contributed by atoms with Crippen LogP contribution in [0.2, 0.25) is 0 Å². The van der Waals surface area contributed by atoms with Gasteiger partial charge in [0.2, 0.25) is 0 Å². The predicted octanol–water partition coefficient (Wildman–Crippen LogP) is 4.55. The van der Waals surface area contributed by atoms with E-state index < -0.39 is 17.1 Å². The molecule has 1 aromatic carbocycles. The lowest BCUT2D eigenvalue weighted by molar-refractivity contribution is 0.0164. The molecule has 0 spiro atoms. The van der Waals surface area contributed by atoms with Gasteiger partial charge >= 0.3 is 6.09 Å². The number of carbonyl (C=O) groups is 1. The van der Waals surface area contributed by atoms with Crippen molar-refractivity contribution in [3.8, 4) is 0 Å². The number of hydrogen-bond acceptors (Lipinski definition) is 4. The molecule has 0 radical (unpaired) electrons. The molecule has 2 fully saturated rings. The maximum absolute atomic E-state index is 13.7. The molecule has 3 aliphatic rings. The Morgan fingerprint density at radius 3 is 2.06 bits per heavy atom. The summed E-state index contributed by atoms with van der Waals surface area (Å²) in [5, 5.41) is 10.9. The lowest BCUT2D eigenvalue weighted by Gasteiger charge is -2.36. The first-order chi connectivity index (χ1) is 15.1. The summed E-state index contributed by atoms with van der Waals surface area (Å²) in [6.45, 7) is 13.1. The highest BCUT2D eigenvalue weighted by Gasteiger charge is 2.65. The van der Waals surface area contributed by atoms with E-state index in [1.54, 1.807) is 30.9 Å². The Morgan fingerprint density at radius 2 is 1.58 bits per heavy atom. The Hall–Kier alpha value is -2.45. The number of aliphatic hydroxyl groups is 1. The van der Waals surface area contributed by atoms with E-state index in [-0.39, 0.29) is 11.7 Å². The van der Waals surface area contributed by atoms with Gasteiger partial charge in [0.1, 0.15) is 22.6 Å². The minimum atomic E-state index is -2.89. The van der Waals surface area contributed by atoms with Crippen LogP contribution in [0, 0.1) is 0 Å². The van der Waals surface area contributed by atoms with Crippen LogP contribution < -0.4 is 4.48 Å². The Bertz CT molecular complexity index is 1010. The number of hydrogen-bond donors (Lipinski definition) is 1. The second kappa shape index (κ2) is 7.53. The summed E-state index contributed by atoms with van der Waals surface area (Å²) < 4.78 is 33.3. The average Bonchev–Trinajstić information content (AvgIpc) is 3.33. The van der Waals surface area contributed by atoms with E-state index in [1.165, 1.54) is 12.1 Å². The number of carbonyl (C=O) groups excluding carboxylic acids is 1. The maximum Gasteiger partial charge on any atom is 0.410 e. The molecule has 0 aromatic heterocycles. The van der Waals surface area contributed by atoms with Crippen LogP contribution in [0.1, 0.15) is 47.1 Å². The van der Waals surface area contributed by atoms with E-state index in [0.29, 0.717) is 37.2 Å². The highest BCUT2D eigenvalue weighted by atomic mass is 19.3. The Kier molecular flexibility index (Phi) is 5.41. The molecule has 1 unspecified atom stereocenters. The quantitative estimate of drug-likeness (QED) is 0.527. The van der Waals surface area contributed by atoms with Crippen molar-refractivity contribution in [1.29, 1.82) is 0 Å². The van der Waals surface area contributed by atoms with E-state index in [1.807, 2.05) is 26.8 Å². The molecule has 0 aliphatic carbocycles. The minimum Gasteiger partial charge on any atom is -0.444 e. The molecule has 33 heavy (non-hydrogen) atoms. The lowest BCUT2D eigenvalue weighted by Crippen LogP contribution is -2.49. The number of ether oxygens (including phenoxy) is 1. The van der Waals surface area contributed by atoms with Crippen molar-refractivity contribution in [1.82, 2.24) is 14.3 Å². The summed E-state index contributed by atoms with van der Waals surface area (Å²) in [5.41, 5.74) is 2.27. The monoisotopic (exact) mass is 462 g/mol. The standard InChI is InChI=1S/C25H34F2N3O3/c1-23(2,3)33-22(31)29-13-11-28(12-14-29)19-15-21(24(4,5)32)30(16-20(19)30)18-9-7-17(8-10-18)25(6,26)27/h7-10,15,32H,11-14,16H2,1-6H3/q+1. The lowest BCUT2D eigenvalue weighted by atomic mass is 10.0. The largest absolute Gasteiger partial charge is 0.444 e. The first-order valence-electron chi connectivity index (χ1n) is 11.4. The van der Waals surface area contributed by atoms with E-state index >= 15 is 0 Å². The van der Waals surface area contributed by atoms with Crippen molar-refractivity contribution in [3.63, 3.8) is 0 Å². The minimum absolute atomic E-state index is 0.0247. The Balaban J connectivity index is 1.57. The van der Waals surface area contributed by atoms with Crippen LogP contribution in [0.4, 0.5) is 19.3 Å². The fourth-order valence-electron chi connectivity index (χ4n) is 4.79. The summed E-state index contributed by atoms with van der Waals surface area (Å²) in [5.74, 6) is -2.89. The molecule has 4 rings (SSSR count). The van der Waals surface area contributed by atoms with Gasteiger partial charge in [-0.2, -0.15) is 0 Å². The third-order valence-electron chi connectivity index (χ3n) is 6.44. The van der Waals surface area contributed by atoms with Crippen molar-refractivity contribution >= 4 is 11.8 Å². The molecular weight excluding hydrogens is 428 g/mol.